The van der Waals surface area contributed by atoms with Crippen molar-refractivity contribution in [2.45, 2.75) is 250 Å². The van der Waals surface area contributed by atoms with Gasteiger partial charge in [0.2, 0.25) is 5.96 Å². The molecule has 0 spiro atoms. The Kier molecular flexibility index (Phi) is 59.8. The molecule has 0 unspecified atom stereocenters. The summed E-state index contributed by atoms with van der Waals surface area (Å²) in [6, 6.07) is 0. The fourth-order valence-electron chi connectivity index (χ4n) is 8.26. The number of hydrogen-bond acceptors (Lipinski definition) is 13. The quantitative estimate of drug-likeness (QED) is 0.00516. The second-order valence-electron chi connectivity index (χ2n) is 20.4. The summed E-state index contributed by atoms with van der Waals surface area (Å²) in [6.07, 6.45) is 41.1. The third-order valence-corrected chi connectivity index (χ3v) is 12.7. The van der Waals surface area contributed by atoms with Gasteiger partial charge in [-0.15, -0.1) is 0 Å². The molecule has 0 radical (unpaired) electrons. The highest BCUT2D eigenvalue weighted by atomic mass is 15.3. The molecule has 0 saturated carbocycles. The Labute approximate surface area is 478 Å². The molecule has 0 aromatic heterocycles. The highest BCUT2D eigenvalue weighted by Gasteiger charge is 2.07. The van der Waals surface area contributed by atoms with Crippen LogP contribution in [-0.2, 0) is 0 Å². The summed E-state index contributed by atoms with van der Waals surface area (Å²) in [7, 11) is 0. The van der Waals surface area contributed by atoms with E-state index in [1.165, 1.54) is 38.5 Å². The first-order valence-corrected chi connectivity index (χ1v) is 29.9. The van der Waals surface area contributed by atoms with E-state index in [0.29, 0.717) is 68.3 Å². The van der Waals surface area contributed by atoms with Gasteiger partial charge < -0.3 is 78.3 Å². The Bertz CT molecular complexity index is 1640. The minimum absolute atomic E-state index is 0.161. The predicted octanol–water partition coefficient (Wildman–Crippen LogP) is 9.88. The molecular formula is C57H114N22. The number of rotatable bonds is 52. The van der Waals surface area contributed by atoms with Crippen LogP contribution in [0.1, 0.15) is 250 Å². The Morgan fingerprint density at radius 3 is 0.823 bits per heavy atom. The number of unbranched alkanes of at least 4 members (excludes halogenated alkanes) is 24. The van der Waals surface area contributed by atoms with Crippen LogP contribution in [0.2, 0.25) is 0 Å². The first kappa shape index (κ1) is 77.2. The molecule has 0 atom stereocenters. The SMILES string of the molecule is N=C(CCCCCCCN)CC(=N)CCCCCCCN.N=C(CCCCCCCN=C(N)N)CC(=N)CCCCCCCN=C(N)N.[C-]#[N+]NC(N)=NCCCCCCCC(=N)CC(=N)CCCCCCCN=C(N)NC#N. The van der Waals surface area contributed by atoms with E-state index in [4.69, 9.17) is 90.2 Å². The lowest BCUT2D eigenvalue weighted by Gasteiger charge is -2.06. The molecule has 0 saturated heterocycles. The number of nitriles is 1. The third kappa shape index (κ3) is 68.1. The lowest BCUT2D eigenvalue weighted by molar-refractivity contribution is 0.624. The average Bonchev–Trinajstić information content (AvgIpc) is 3.39. The molecule has 452 valence electrons. The van der Waals surface area contributed by atoms with Gasteiger partial charge in [0.25, 0.3) is 5.96 Å². The van der Waals surface area contributed by atoms with Gasteiger partial charge in [0, 0.05) is 79.7 Å². The van der Waals surface area contributed by atoms with Crippen LogP contribution in [0.4, 0.5) is 0 Å². The summed E-state index contributed by atoms with van der Waals surface area (Å²) < 4.78 is 0. The standard InChI is InChI=1S/C21H38N10.C19H40N8.C17H36N4/c1-27-31-21(26)29-15-11-7-3-5-9-13-19(24)16-18(23)12-8-4-2-6-10-14-28-20(25)30-17-22;20-16(11-7-3-1-5-9-13-26-18(22)23)15-17(21)12-8-4-2-6-10-14-27-19(24)25;18-13-9-5-1-3-7-11-16(20)15-17(21)12-8-4-2-6-10-14-19/h23-24H,2-16H2,(H3,25,28,30)(H3,26,29,31);20-21H,1-15H2,(H4,22,23,26)(H4,24,25,27);20-21H,1-15,18-19H2. The minimum Gasteiger partial charge on any atom is -0.370 e. The fourth-order valence-corrected chi connectivity index (χ4v) is 8.26. The lowest BCUT2D eigenvalue weighted by Crippen LogP contribution is -2.27. The van der Waals surface area contributed by atoms with Crippen LogP contribution >= 0.6 is 0 Å². The van der Waals surface area contributed by atoms with Crippen molar-refractivity contribution in [3.05, 3.63) is 11.5 Å². The summed E-state index contributed by atoms with van der Waals surface area (Å²) >= 11 is 0. The number of nitrogens with zero attached hydrogens (tertiary/aromatic N) is 6. The number of guanidine groups is 4. The topological polar surface area (TPSA) is 453 Å². The second kappa shape index (κ2) is 61.2. The van der Waals surface area contributed by atoms with Crippen LogP contribution in [0.15, 0.2) is 20.0 Å². The van der Waals surface area contributed by atoms with Crippen LogP contribution in [-0.4, -0.2) is 97.4 Å². The highest BCUT2D eigenvalue weighted by Crippen LogP contribution is 2.14. The van der Waals surface area contributed by atoms with E-state index < -0.39 is 0 Å². The van der Waals surface area contributed by atoms with Crippen molar-refractivity contribution in [2.24, 2.45) is 65.8 Å². The first-order chi connectivity index (χ1) is 38.1. The van der Waals surface area contributed by atoms with Gasteiger partial charge in [-0.1, -0.05) is 121 Å². The molecule has 0 amide bonds. The number of hydrogen-bond donors (Lipinski definition) is 16. The summed E-state index contributed by atoms with van der Waals surface area (Å²) in [6.45, 7) is 10.8. The normalized spacial score (nSPS) is 10.9. The Morgan fingerprint density at radius 2 is 0.582 bits per heavy atom. The van der Waals surface area contributed by atoms with Crippen LogP contribution in [0, 0.1) is 50.5 Å². The Morgan fingerprint density at radius 1 is 0.354 bits per heavy atom. The van der Waals surface area contributed by atoms with E-state index in [1.54, 1.807) is 6.19 Å². The summed E-state index contributed by atoms with van der Waals surface area (Å²) in [5, 5.41) is 58.7. The van der Waals surface area contributed by atoms with E-state index in [9.17, 15) is 0 Å². The molecule has 0 fully saturated rings. The van der Waals surface area contributed by atoms with E-state index in [0.717, 1.165) is 217 Å². The van der Waals surface area contributed by atoms with Crippen LogP contribution in [0.5, 0.6) is 0 Å². The molecule has 0 bridgehead atoms. The van der Waals surface area contributed by atoms with E-state index in [1.807, 2.05) is 0 Å². The van der Waals surface area contributed by atoms with E-state index in [2.05, 4.69) is 35.7 Å². The van der Waals surface area contributed by atoms with Gasteiger partial charge >= 0.3 is 0 Å². The zero-order chi connectivity index (χ0) is 59.3. The van der Waals surface area contributed by atoms with E-state index >= 15 is 0 Å². The van der Waals surface area contributed by atoms with Crippen molar-refractivity contribution in [1.82, 2.24) is 10.7 Å². The fraction of sp³-hybridized carbons (Fsp3) is 0.789. The lowest BCUT2D eigenvalue weighted by atomic mass is 10.0. The average molecular weight is 1110 g/mol. The van der Waals surface area contributed by atoms with Gasteiger partial charge in [-0.05, 0) is 129 Å². The van der Waals surface area contributed by atoms with Crippen LogP contribution < -0.4 is 56.6 Å². The summed E-state index contributed by atoms with van der Waals surface area (Å²) in [5.41, 5.74) is 49.4. The predicted molar refractivity (Wildman–Crippen MR) is 337 cm³/mol. The summed E-state index contributed by atoms with van der Waals surface area (Å²) in [4.78, 5) is 18.9. The van der Waals surface area contributed by atoms with Crippen molar-refractivity contribution in [3.8, 4) is 6.19 Å². The van der Waals surface area contributed by atoms with Gasteiger partial charge in [-0.2, -0.15) is 16.8 Å². The van der Waals surface area contributed by atoms with Gasteiger partial charge in [-0.3, -0.25) is 20.3 Å². The number of aliphatic imine (C=N–C) groups is 4. The maximum Gasteiger partial charge on any atom is 0.259 e. The molecule has 0 aliphatic heterocycles. The van der Waals surface area contributed by atoms with Crippen LogP contribution in [0.3, 0.4) is 0 Å². The Balaban J connectivity index is -0.00000112. The number of nitrogens with one attached hydrogen (secondary N) is 8. The van der Waals surface area contributed by atoms with Gasteiger partial charge in [-0.25, -0.2) is 4.99 Å². The molecule has 0 aromatic carbocycles. The molecule has 0 aromatic rings. The third-order valence-electron chi connectivity index (χ3n) is 12.7. The second-order valence-corrected chi connectivity index (χ2v) is 20.4. The van der Waals surface area contributed by atoms with Gasteiger partial charge in [0.15, 0.2) is 18.1 Å². The summed E-state index contributed by atoms with van der Waals surface area (Å²) in [5.74, 6) is 0.662. The van der Waals surface area contributed by atoms with E-state index in [-0.39, 0.29) is 23.8 Å². The number of nitrogens with two attached hydrogens (primary N) is 8. The molecular weight excluding hydrogens is 993 g/mol. The minimum atomic E-state index is 0.161. The maximum absolute atomic E-state index is 8.39. The molecule has 22 nitrogen and oxygen atoms in total. The maximum atomic E-state index is 8.39. The van der Waals surface area contributed by atoms with Crippen LogP contribution in [0.25, 0.3) is 4.95 Å². The molecule has 24 N–H and O–H groups in total. The molecule has 0 rings (SSSR count). The zero-order valence-electron chi connectivity index (χ0n) is 49.1. The van der Waals surface area contributed by atoms with Crippen molar-refractivity contribution >= 4 is 58.1 Å². The largest absolute Gasteiger partial charge is 0.370 e. The smallest absolute Gasteiger partial charge is 0.259 e. The van der Waals surface area contributed by atoms with Crippen molar-refractivity contribution in [1.29, 1.82) is 37.7 Å². The monoisotopic (exact) mass is 1110 g/mol. The highest BCUT2D eigenvalue weighted by molar-refractivity contribution is 6.02. The molecule has 0 aliphatic rings. The van der Waals surface area contributed by atoms with Crippen molar-refractivity contribution < 1.29 is 0 Å². The van der Waals surface area contributed by atoms with Crippen molar-refractivity contribution in [3.63, 3.8) is 0 Å². The zero-order valence-corrected chi connectivity index (χ0v) is 49.1. The van der Waals surface area contributed by atoms with Gasteiger partial charge in [0.1, 0.15) is 0 Å². The molecule has 0 aliphatic carbocycles. The Hall–Kier alpha value is -6.00. The molecule has 22 heteroatoms. The molecule has 0 heterocycles. The van der Waals surface area contributed by atoms with Gasteiger partial charge in [0.05, 0.1) is 0 Å². The first-order valence-electron chi connectivity index (χ1n) is 29.9. The molecule has 79 heavy (non-hydrogen) atoms. The van der Waals surface area contributed by atoms with Crippen molar-refractivity contribution in [2.75, 3.05) is 39.3 Å².